The monoisotopic (exact) mass is 344 g/mol. The summed E-state index contributed by atoms with van der Waals surface area (Å²) >= 11 is 5.99. The van der Waals surface area contributed by atoms with E-state index >= 15 is 0 Å². The maximum absolute atomic E-state index is 12.4. The fourth-order valence-corrected chi connectivity index (χ4v) is 3.09. The number of anilines is 2. The number of benzene rings is 1. The molecule has 1 saturated heterocycles. The van der Waals surface area contributed by atoms with Gasteiger partial charge >= 0.3 is 6.03 Å². The zero-order valence-electron chi connectivity index (χ0n) is 13.7. The van der Waals surface area contributed by atoms with E-state index in [4.69, 9.17) is 11.6 Å². The van der Waals surface area contributed by atoms with E-state index in [1.807, 2.05) is 12.1 Å². The summed E-state index contributed by atoms with van der Waals surface area (Å²) in [5, 5.41) is 3.09. The van der Waals surface area contributed by atoms with Crippen LogP contribution in [0.3, 0.4) is 0 Å². The van der Waals surface area contributed by atoms with Crippen molar-refractivity contribution in [1.82, 2.24) is 9.88 Å². The highest BCUT2D eigenvalue weighted by atomic mass is 35.5. The lowest BCUT2D eigenvalue weighted by molar-refractivity contribution is 0.220. The van der Waals surface area contributed by atoms with E-state index in [9.17, 15) is 4.79 Å². The molecule has 1 fully saturated rings. The van der Waals surface area contributed by atoms with Crippen LogP contribution in [0.1, 0.15) is 18.4 Å². The van der Waals surface area contributed by atoms with Crippen molar-refractivity contribution in [3.63, 3.8) is 0 Å². The first-order chi connectivity index (χ1) is 11.6. The van der Waals surface area contributed by atoms with Crippen LogP contribution in [0.15, 0.2) is 42.6 Å². The molecule has 0 atom stereocenters. The van der Waals surface area contributed by atoms with Gasteiger partial charge in [0.2, 0.25) is 0 Å². The Morgan fingerprint density at radius 3 is 2.75 bits per heavy atom. The summed E-state index contributed by atoms with van der Waals surface area (Å²) in [4.78, 5) is 20.4. The molecular formula is C18H21ClN4O. The summed E-state index contributed by atoms with van der Waals surface area (Å²) in [6.45, 7) is 2.70. The second kappa shape index (κ2) is 7.53. The van der Waals surface area contributed by atoms with E-state index in [2.05, 4.69) is 27.3 Å². The van der Waals surface area contributed by atoms with Crippen LogP contribution < -0.4 is 10.2 Å². The molecule has 2 heterocycles. The van der Waals surface area contributed by atoms with Gasteiger partial charge in [0.1, 0.15) is 0 Å². The van der Waals surface area contributed by atoms with Crippen molar-refractivity contribution in [2.24, 2.45) is 0 Å². The van der Waals surface area contributed by atoms with Gasteiger partial charge in [-0.2, -0.15) is 0 Å². The lowest BCUT2D eigenvalue weighted by Gasteiger charge is -2.24. The van der Waals surface area contributed by atoms with Crippen molar-refractivity contribution in [2.45, 2.75) is 19.4 Å². The van der Waals surface area contributed by atoms with E-state index in [1.54, 1.807) is 30.3 Å². The Kier molecular flexibility index (Phi) is 5.20. The van der Waals surface area contributed by atoms with Gasteiger partial charge in [-0.05, 0) is 36.6 Å². The standard InChI is InChI=1S/C18H21ClN4O/c1-22(18(24)21-15-8-6-10-20-17(15)19)13-14-7-2-3-9-16(14)23-11-4-5-12-23/h2-3,6-10H,4-5,11-13H2,1H3,(H,21,24). The third-order valence-electron chi connectivity index (χ3n) is 4.19. The lowest BCUT2D eigenvalue weighted by atomic mass is 10.1. The maximum Gasteiger partial charge on any atom is 0.321 e. The van der Waals surface area contributed by atoms with Crippen LogP contribution >= 0.6 is 11.6 Å². The maximum atomic E-state index is 12.4. The van der Waals surface area contributed by atoms with E-state index in [1.165, 1.54) is 18.5 Å². The molecule has 0 radical (unpaired) electrons. The van der Waals surface area contributed by atoms with Gasteiger partial charge in [0.15, 0.2) is 5.15 Å². The molecule has 24 heavy (non-hydrogen) atoms. The van der Waals surface area contributed by atoms with Crippen LogP contribution in [-0.4, -0.2) is 36.1 Å². The number of hydrogen-bond donors (Lipinski definition) is 1. The Hall–Kier alpha value is -2.27. The summed E-state index contributed by atoms with van der Waals surface area (Å²) < 4.78 is 0. The highest BCUT2D eigenvalue weighted by molar-refractivity contribution is 6.32. The molecule has 1 aliphatic rings. The van der Waals surface area contributed by atoms with Crippen molar-refractivity contribution >= 4 is 29.0 Å². The van der Waals surface area contributed by atoms with Gasteiger partial charge < -0.3 is 15.1 Å². The molecule has 0 unspecified atom stereocenters. The minimum atomic E-state index is -0.207. The Labute approximate surface area is 147 Å². The minimum absolute atomic E-state index is 0.207. The number of rotatable bonds is 4. The molecule has 0 aliphatic carbocycles. The smallest absolute Gasteiger partial charge is 0.321 e. The van der Waals surface area contributed by atoms with Crippen LogP contribution in [-0.2, 0) is 6.54 Å². The second-order valence-electron chi connectivity index (χ2n) is 5.95. The number of urea groups is 1. The lowest BCUT2D eigenvalue weighted by Crippen LogP contribution is -2.32. The number of amides is 2. The Morgan fingerprint density at radius 2 is 2.00 bits per heavy atom. The Morgan fingerprint density at radius 1 is 1.25 bits per heavy atom. The first-order valence-electron chi connectivity index (χ1n) is 8.10. The molecule has 1 N–H and O–H groups in total. The fraction of sp³-hybridized carbons (Fsp3) is 0.333. The number of nitrogens with zero attached hydrogens (tertiary/aromatic N) is 3. The second-order valence-corrected chi connectivity index (χ2v) is 6.31. The molecule has 126 valence electrons. The average Bonchev–Trinajstić information content (AvgIpc) is 3.11. The van der Waals surface area contributed by atoms with Crippen molar-refractivity contribution in [2.75, 3.05) is 30.4 Å². The average molecular weight is 345 g/mol. The van der Waals surface area contributed by atoms with Crippen molar-refractivity contribution in [3.8, 4) is 0 Å². The SMILES string of the molecule is CN(Cc1ccccc1N1CCCC1)C(=O)Nc1cccnc1Cl. The summed E-state index contributed by atoms with van der Waals surface area (Å²) in [5.41, 5.74) is 2.88. The van der Waals surface area contributed by atoms with Crippen LogP contribution in [0.2, 0.25) is 5.15 Å². The summed E-state index contributed by atoms with van der Waals surface area (Å²) in [7, 11) is 1.78. The number of carbonyl (C=O) groups excluding carboxylic acids is 1. The number of hydrogen-bond acceptors (Lipinski definition) is 3. The normalized spacial score (nSPS) is 13.8. The third-order valence-corrected chi connectivity index (χ3v) is 4.49. The van der Waals surface area contributed by atoms with Gasteiger partial charge in [0, 0.05) is 38.6 Å². The zero-order valence-corrected chi connectivity index (χ0v) is 14.5. The van der Waals surface area contributed by atoms with Gasteiger partial charge in [-0.1, -0.05) is 29.8 Å². The number of halogens is 1. The van der Waals surface area contributed by atoms with Crippen molar-refractivity contribution < 1.29 is 4.79 Å². The van der Waals surface area contributed by atoms with Gasteiger partial charge in [-0.25, -0.2) is 9.78 Å². The Bertz CT molecular complexity index is 716. The third kappa shape index (κ3) is 3.79. The number of carbonyl (C=O) groups is 1. The zero-order chi connectivity index (χ0) is 16.9. The van der Waals surface area contributed by atoms with E-state index in [-0.39, 0.29) is 11.2 Å². The number of aromatic nitrogens is 1. The Balaban J connectivity index is 1.69. The first kappa shape index (κ1) is 16.6. The number of para-hydroxylation sites is 1. The fourth-order valence-electron chi connectivity index (χ4n) is 2.93. The largest absolute Gasteiger partial charge is 0.371 e. The molecule has 2 amide bonds. The quantitative estimate of drug-likeness (QED) is 0.853. The van der Waals surface area contributed by atoms with Crippen LogP contribution in [0, 0.1) is 0 Å². The highest BCUT2D eigenvalue weighted by Gasteiger charge is 2.18. The highest BCUT2D eigenvalue weighted by Crippen LogP contribution is 2.25. The summed E-state index contributed by atoms with van der Waals surface area (Å²) in [6.07, 6.45) is 4.04. The molecular weight excluding hydrogens is 324 g/mol. The molecule has 5 nitrogen and oxygen atoms in total. The molecule has 0 saturated carbocycles. The van der Waals surface area contributed by atoms with Gasteiger partial charge in [-0.15, -0.1) is 0 Å². The molecule has 1 aromatic carbocycles. The predicted octanol–water partition coefficient (Wildman–Crippen LogP) is 4.00. The number of nitrogens with one attached hydrogen (secondary N) is 1. The van der Waals surface area contributed by atoms with Gasteiger partial charge in [0.05, 0.1) is 5.69 Å². The molecule has 0 bridgehead atoms. The van der Waals surface area contributed by atoms with Crippen molar-refractivity contribution in [3.05, 3.63) is 53.3 Å². The predicted molar refractivity (Wildman–Crippen MR) is 97.6 cm³/mol. The summed E-state index contributed by atoms with van der Waals surface area (Å²) in [6, 6.07) is 11.5. The number of pyridine rings is 1. The van der Waals surface area contributed by atoms with Gasteiger partial charge in [0.25, 0.3) is 0 Å². The van der Waals surface area contributed by atoms with Crippen LogP contribution in [0.5, 0.6) is 0 Å². The molecule has 3 rings (SSSR count). The van der Waals surface area contributed by atoms with E-state index < -0.39 is 0 Å². The molecule has 1 aliphatic heterocycles. The van der Waals surface area contributed by atoms with E-state index in [0.717, 1.165) is 18.7 Å². The van der Waals surface area contributed by atoms with E-state index in [0.29, 0.717) is 12.2 Å². The first-order valence-corrected chi connectivity index (χ1v) is 8.48. The van der Waals surface area contributed by atoms with Crippen LogP contribution in [0.4, 0.5) is 16.2 Å². The molecule has 1 aromatic heterocycles. The minimum Gasteiger partial charge on any atom is -0.371 e. The summed E-state index contributed by atoms with van der Waals surface area (Å²) in [5.74, 6) is 0. The van der Waals surface area contributed by atoms with Crippen LogP contribution in [0.25, 0.3) is 0 Å². The molecule has 0 spiro atoms. The topological polar surface area (TPSA) is 48.5 Å². The van der Waals surface area contributed by atoms with Crippen molar-refractivity contribution in [1.29, 1.82) is 0 Å². The molecule has 6 heteroatoms. The van der Waals surface area contributed by atoms with Gasteiger partial charge in [-0.3, -0.25) is 0 Å². The molecule has 2 aromatic rings.